The fraction of sp³-hybridized carbons (Fsp3) is 0.357. The van der Waals surface area contributed by atoms with E-state index in [1.54, 1.807) is 16.9 Å². The van der Waals surface area contributed by atoms with E-state index in [4.69, 9.17) is 11.6 Å². The van der Waals surface area contributed by atoms with E-state index in [9.17, 15) is 9.59 Å². The van der Waals surface area contributed by atoms with Gasteiger partial charge >= 0.3 is 0 Å². The molecular formula is C14H17ClN4O2. The van der Waals surface area contributed by atoms with Gasteiger partial charge in [0, 0.05) is 18.4 Å². The van der Waals surface area contributed by atoms with Gasteiger partial charge in [0.2, 0.25) is 11.8 Å². The van der Waals surface area contributed by atoms with E-state index in [1.165, 1.54) is 0 Å². The van der Waals surface area contributed by atoms with E-state index in [2.05, 4.69) is 15.7 Å². The summed E-state index contributed by atoms with van der Waals surface area (Å²) < 4.78 is 1.73. The standard InChI is InChI=1S/C14H17ClN4O2/c1-2-16-14(21)9-17-13(20)6-7-19-12-5-3-4-11(15)10(12)8-18-19/h3-5,8H,2,6-7,9H2,1H3,(H,16,21)(H,17,20). The molecule has 0 aliphatic carbocycles. The van der Waals surface area contributed by atoms with Gasteiger partial charge in [0.25, 0.3) is 0 Å². The van der Waals surface area contributed by atoms with Gasteiger partial charge in [-0.3, -0.25) is 14.3 Å². The van der Waals surface area contributed by atoms with E-state index in [-0.39, 0.29) is 24.8 Å². The van der Waals surface area contributed by atoms with Crippen LogP contribution in [0.1, 0.15) is 13.3 Å². The molecule has 0 aliphatic heterocycles. The van der Waals surface area contributed by atoms with Crippen LogP contribution in [0.25, 0.3) is 10.9 Å². The van der Waals surface area contributed by atoms with Crippen LogP contribution in [0.3, 0.4) is 0 Å². The highest BCUT2D eigenvalue weighted by Crippen LogP contribution is 2.22. The van der Waals surface area contributed by atoms with Gasteiger partial charge in [-0.15, -0.1) is 0 Å². The van der Waals surface area contributed by atoms with Gasteiger partial charge in [-0.05, 0) is 19.1 Å². The maximum Gasteiger partial charge on any atom is 0.239 e. The summed E-state index contributed by atoms with van der Waals surface area (Å²) in [5, 5.41) is 10.9. The van der Waals surface area contributed by atoms with Crippen LogP contribution in [0, 0.1) is 0 Å². The Morgan fingerprint density at radius 1 is 1.29 bits per heavy atom. The molecule has 0 saturated heterocycles. The van der Waals surface area contributed by atoms with Crippen molar-refractivity contribution in [2.75, 3.05) is 13.1 Å². The first kappa shape index (κ1) is 15.3. The lowest BCUT2D eigenvalue weighted by molar-refractivity contribution is -0.126. The smallest absolute Gasteiger partial charge is 0.239 e. The van der Waals surface area contributed by atoms with Crippen LogP contribution in [0.2, 0.25) is 5.02 Å². The second-order valence-electron chi connectivity index (χ2n) is 4.52. The highest BCUT2D eigenvalue weighted by Gasteiger charge is 2.08. The number of likely N-dealkylation sites (N-methyl/N-ethyl adjacent to an activating group) is 1. The van der Waals surface area contributed by atoms with E-state index in [0.717, 1.165) is 10.9 Å². The zero-order chi connectivity index (χ0) is 15.2. The Balaban J connectivity index is 1.88. The molecule has 0 spiro atoms. The third-order valence-corrected chi connectivity index (χ3v) is 3.33. The molecule has 2 amide bonds. The molecule has 7 heteroatoms. The number of nitrogens with one attached hydrogen (secondary N) is 2. The Bertz CT molecular complexity index is 653. The third-order valence-electron chi connectivity index (χ3n) is 3.00. The van der Waals surface area contributed by atoms with Gasteiger partial charge in [-0.25, -0.2) is 0 Å². The third kappa shape index (κ3) is 3.95. The molecular weight excluding hydrogens is 292 g/mol. The number of aryl methyl sites for hydroxylation is 1. The summed E-state index contributed by atoms with van der Waals surface area (Å²) in [6, 6.07) is 5.55. The fourth-order valence-corrected chi connectivity index (χ4v) is 2.20. The lowest BCUT2D eigenvalue weighted by Gasteiger charge is -2.06. The van der Waals surface area contributed by atoms with Crippen LogP contribution < -0.4 is 10.6 Å². The average molecular weight is 309 g/mol. The van der Waals surface area contributed by atoms with Crippen molar-refractivity contribution in [1.82, 2.24) is 20.4 Å². The number of carbonyl (C=O) groups is 2. The molecule has 0 unspecified atom stereocenters. The fourth-order valence-electron chi connectivity index (χ4n) is 1.98. The molecule has 112 valence electrons. The van der Waals surface area contributed by atoms with Crippen LogP contribution in [0.5, 0.6) is 0 Å². The summed E-state index contributed by atoms with van der Waals surface area (Å²) in [4.78, 5) is 22.9. The second kappa shape index (κ2) is 7.08. The quantitative estimate of drug-likeness (QED) is 0.845. The topological polar surface area (TPSA) is 76.0 Å². The number of carbonyl (C=O) groups excluding carboxylic acids is 2. The van der Waals surface area contributed by atoms with E-state index in [0.29, 0.717) is 18.1 Å². The lowest BCUT2D eigenvalue weighted by Crippen LogP contribution is -2.37. The predicted octanol–water partition coefficient (Wildman–Crippen LogP) is 1.33. The Morgan fingerprint density at radius 3 is 2.86 bits per heavy atom. The lowest BCUT2D eigenvalue weighted by atomic mass is 10.2. The molecule has 0 bridgehead atoms. The Hall–Kier alpha value is -2.08. The van der Waals surface area contributed by atoms with Gasteiger partial charge in [0.1, 0.15) is 0 Å². The van der Waals surface area contributed by atoms with Gasteiger partial charge in [0.05, 0.1) is 29.8 Å². The first-order valence-corrected chi connectivity index (χ1v) is 7.13. The van der Waals surface area contributed by atoms with Crippen molar-refractivity contribution in [2.45, 2.75) is 19.9 Å². The largest absolute Gasteiger partial charge is 0.355 e. The van der Waals surface area contributed by atoms with E-state index in [1.807, 2.05) is 19.1 Å². The minimum atomic E-state index is -0.192. The highest BCUT2D eigenvalue weighted by atomic mass is 35.5. The predicted molar refractivity (Wildman–Crippen MR) is 81.1 cm³/mol. The van der Waals surface area contributed by atoms with Crippen molar-refractivity contribution in [3.8, 4) is 0 Å². The number of benzene rings is 1. The number of rotatable bonds is 6. The monoisotopic (exact) mass is 308 g/mol. The van der Waals surface area contributed by atoms with Gasteiger partial charge in [-0.2, -0.15) is 5.10 Å². The SMILES string of the molecule is CCNC(=O)CNC(=O)CCn1ncc2c(Cl)cccc21. The van der Waals surface area contributed by atoms with Crippen LogP contribution in [-0.4, -0.2) is 34.7 Å². The molecule has 0 fully saturated rings. The zero-order valence-corrected chi connectivity index (χ0v) is 12.5. The van der Waals surface area contributed by atoms with Gasteiger partial charge in [-0.1, -0.05) is 17.7 Å². The normalized spacial score (nSPS) is 10.6. The molecule has 1 heterocycles. The number of fused-ring (bicyclic) bond motifs is 1. The Morgan fingerprint density at radius 2 is 2.10 bits per heavy atom. The molecule has 1 aromatic heterocycles. The number of hydrogen-bond acceptors (Lipinski definition) is 3. The Labute approximate surface area is 127 Å². The number of aromatic nitrogens is 2. The zero-order valence-electron chi connectivity index (χ0n) is 11.7. The van der Waals surface area contributed by atoms with Crippen LogP contribution in [0.4, 0.5) is 0 Å². The summed E-state index contributed by atoms with van der Waals surface area (Å²) in [5.41, 5.74) is 0.888. The Kier molecular flexibility index (Phi) is 5.16. The molecule has 6 nitrogen and oxygen atoms in total. The number of amides is 2. The first-order valence-electron chi connectivity index (χ1n) is 6.75. The minimum absolute atomic E-state index is 0.00163. The second-order valence-corrected chi connectivity index (χ2v) is 4.93. The van der Waals surface area contributed by atoms with Crippen LogP contribution in [-0.2, 0) is 16.1 Å². The average Bonchev–Trinajstić information content (AvgIpc) is 2.88. The van der Waals surface area contributed by atoms with E-state index < -0.39 is 0 Å². The molecule has 0 atom stereocenters. The molecule has 2 rings (SSSR count). The summed E-state index contributed by atoms with van der Waals surface area (Å²) in [6.07, 6.45) is 1.94. The number of halogens is 1. The van der Waals surface area contributed by atoms with Crippen molar-refractivity contribution in [3.63, 3.8) is 0 Å². The van der Waals surface area contributed by atoms with Gasteiger partial charge < -0.3 is 10.6 Å². The van der Waals surface area contributed by atoms with Crippen LogP contribution in [0.15, 0.2) is 24.4 Å². The molecule has 0 saturated carbocycles. The van der Waals surface area contributed by atoms with Crippen molar-refractivity contribution in [2.24, 2.45) is 0 Å². The van der Waals surface area contributed by atoms with Crippen molar-refractivity contribution in [1.29, 1.82) is 0 Å². The molecule has 1 aromatic carbocycles. The van der Waals surface area contributed by atoms with Crippen molar-refractivity contribution < 1.29 is 9.59 Å². The van der Waals surface area contributed by atoms with Crippen molar-refractivity contribution in [3.05, 3.63) is 29.4 Å². The van der Waals surface area contributed by atoms with E-state index >= 15 is 0 Å². The summed E-state index contributed by atoms with van der Waals surface area (Å²) in [6.45, 7) is 2.81. The highest BCUT2D eigenvalue weighted by molar-refractivity contribution is 6.35. The minimum Gasteiger partial charge on any atom is -0.355 e. The van der Waals surface area contributed by atoms with Gasteiger partial charge in [0.15, 0.2) is 0 Å². The summed E-state index contributed by atoms with van der Waals surface area (Å²) in [7, 11) is 0. The molecule has 0 radical (unpaired) electrons. The first-order chi connectivity index (χ1) is 10.1. The summed E-state index contributed by atoms with van der Waals surface area (Å²) in [5.74, 6) is -0.380. The number of nitrogens with zero attached hydrogens (tertiary/aromatic N) is 2. The maximum atomic E-state index is 11.7. The maximum absolute atomic E-state index is 11.7. The number of hydrogen-bond donors (Lipinski definition) is 2. The van der Waals surface area contributed by atoms with Crippen molar-refractivity contribution >= 4 is 34.3 Å². The molecule has 21 heavy (non-hydrogen) atoms. The summed E-state index contributed by atoms with van der Waals surface area (Å²) >= 11 is 6.07. The van der Waals surface area contributed by atoms with Crippen LogP contribution >= 0.6 is 11.6 Å². The molecule has 0 aliphatic rings. The molecule has 2 aromatic rings. The molecule has 2 N–H and O–H groups in total.